The van der Waals surface area contributed by atoms with Crippen LogP contribution in [0.25, 0.3) is 0 Å². The molecule has 2 aliphatic heterocycles. The van der Waals surface area contributed by atoms with Gasteiger partial charge in [0.05, 0.1) is 5.92 Å². The highest BCUT2D eigenvalue weighted by Crippen LogP contribution is 2.23. The number of allylic oxidation sites excluding steroid dienone is 1. The first-order valence-electron chi connectivity index (χ1n) is 8.23. The molecule has 2 aliphatic rings. The van der Waals surface area contributed by atoms with E-state index in [-0.39, 0.29) is 18.0 Å². The molecule has 1 saturated heterocycles. The molecule has 2 heteroatoms. The lowest BCUT2D eigenvalue weighted by Gasteiger charge is -2.19. The Hall–Kier alpha value is -0.790. The number of ether oxygens (including phenoxy) is 1. The van der Waals surface area contributed by atoms with Crippen LogP contribution in [0.4, 0.5) is 0 Å². The van der Waals surface area contributed by atoms with Crippen molar-refractivity contribution in [2.24, 2.45) is 5.92 Å². The van der Waals surface area contributed by atoms with Gasteiger partial charge in [0, 0.05) is 0 Å². The van der Waals surface area contributed by atoms with Crippen LogP contribution in [0.3, 0.4) is 0 Å². The Kier molecular flexibility index (Phi) is 6.46. The van der Waals surface area contributed by atoms with E-state index in [0.29, 0.717) is 0 Å². The smallest absolute Gasteiger partial charge is 0.313 e. The first kappa shape index (κ1) is 14.6. The summed E-state index contributed by atoms with van der Waals surface area (Å²) < 4.78 is 5.79. The third kappa shape index (κ3) is 5.38. The van der Waals surface area contributed by atoms with Crippen LogP contribution in [0.15, 0.2) is 12.2 Å². The molecular weight excluding hydrogens is 236 g/mol. The predicted molar refractivity (Wildman–Crippen MR) is 77.9 cm³/mol. The highest BCUT2D eigenvalue weighted by molar-refractivity contribution is 5.74. The zero-order chi connectivity index (χ0) is 13.3. The molecule has 0 aromatic rings. The summed E-state index contributed by atoms with van der Waals surface area (Å²) in [6.07, 6.45) is 18.7. The minimum Gasteiger partial charge on any atom is -0.462 e. The van der Waals surface area contributed by atoms with E-state index in [1.807, 2.05) is 0 Å². The Morgan fingerprint density at radius 3 is 2.26 bits per heavy atom. The minimum absolute atomic E-state index is 0.0127. The second-order valence-electron chi connectivity index (χ2n) is 6.08. The Morgan fingerprint density at radius 1 is 0.842 bits per heavy atom. The molecule has 0 N–H and O–H groups in total. The van der Waals surface area contributed by atoms with E-state index in [4.69, 9.17) is 4.74 Å². The fourth-order valence-electron chi connectivity index (χ4n) is 3.14. The Labute approximate surface area is 117 Å². The standard InChI is InChI=1S/C17H28O2/c18-17-15-11-7-3-1-5-9-13-16(19-17)14-10-6-2-4-8-12-15/h7,11,15-16H,1-6,8-10,12-14H2. The van der Waals surface area contributed by atoms with Gasteiger partial charge in [-0.25, -0.2) is 0 Å². The number of hydrogen-bond acceptors (Lipinski definition) is 2. The second-order valence-corrected chi connectivity index (χ2v) is 6.08. The van der Waals surface area contributed by atoms with Gasteiger partial charge in [-0.05, 0) is 44.9 Å². The monoisotopic (exact) mass is 264 g/mol. The van der Waals surface area contributed by atoms with Crippen LogP contribution in [0.2, 0.25) is 0 Å². The summed E-state index contributed by atoms with van der Waals surface area (Å²) in [5, 5.41) is 0. The largest absolute Gasteiger partial charge is 0.462 e. The zero-order valence-electron chi connectivity index (χ0n) is 12.1. The lowest BCUT2D eigenvalue weighted by molar-refractivity contribution is -0.153. The molecule has 0 radical (unpaired) electrons. The number of carbonyl (C=O) groups is 1. The third-order valence-electron chi connectivity index (χ3n) is 4.39. The normalized spacial score (nSPS) is 31.1. The maximum Gasteiger partial charge on any atom is 0.313 e. The van der Waals surface area contributed by atoms with Crippen LogP contribution in [0, 0.1) is 5.92 Å². The Bertz CT molecular complexity index is 296. The lowest BCUT2D eigenvalue weighted by atomic mass is 9.99. The summed E-state index contributed by atoms with van der Waals surface area (Å²) in [5.74, 6) is 0.0451. The average Bonchev–Trinajstić information content (AvgIpc) is 2.46. The van der Waals surface area contributed by atoms with E-state index in [2.05, 4.69) is 12.2 Å². The molecule has 0 spiro atoms. The molecule has 2 rings (SSSR count). The van der Waals surface area contributed by atoms with Crippen molar-refractivity contribution in [3.8, 4) is 0 Å². The molecule has 2 unspecified atom stereocenters. The van der Waals surface area contributed by atoms with Gasteiger partial charge in [0.2, 0.25) is 0 Å². The molecule has 0 saturated carbocycles. The van der Waals surface area contributed by atoms with Gasteiger partial charge in [-0.15, -0.1) is 0 Å². The van der Waals surface area contributed by atoms with Gasteiger partial charge >= 0.3 is 5.97 Å². The maximum atomic E-state index is 12.3. The van der Waals surface area contributed by atoms with Gasteiger partial charge in [0.25, 0.3) is 0 Å². The molecule has 0 aromatic carbocycles. The van der Waals surface area contributed by atoms with Crippen LogP contribution in [0.5, 0.6) is 0 Å². The molecule has 108 valence electrons. The van der Waals surface area contributed by atoms with Crippen LogP contribution in [0.1, 0.15) is 77.0 Å². The van der Waals surface area contributed by atoms with Crippen LogP contribution < -0.4 is 0 Å². The molecule has 0 amide bonds. The van der Waals surface area contributed by atoms with Crippen LogP contribution >= 0.6 is 0 Å². The quantitative estimate of drug-likeness (QED) is 0.465. The Morgan fingerprint density at radius 2 is 1.47 bits per heavy atom. The molecule has 2 heterocycles. The number of carbonyl (C=O) groups excluding carboxylic acids is 1. The van der Waals surface area contributed by atoms with E-state index in [1.165, 1.54) is 44.9 Å². The average molecular weight is 264 g/mol. The van der Waals surface area contributed by atoms with E-state index in [0.717, 1.165) is 32.1 Å². The van der Waals surface area contributed by atoms with Gasteiger partial charge in [-0.1, -0.05) is 44.3 Å². The van der Waals surface area contributed by atoms with Gasteiger partial charge < -0.3 is 4.74 Å². The predicted octanol–water partition coefficient (Wildman–Crippen LogP) is 4.78. The summed E-state index contributed by atoms with van der Waals surface area (Å²) in [5.41, 5.74) is 0. The fourth-order valence-corrected chi connectivity index (χ4v) is 3.14. The first-order valence-corrected chi connectivity index (χ1v) is 8.23. The van der Waals surface area contributed by atoms with Crippen molar-refractivity contribution in [2.75, 3.05) is 0 Å². The molecule has 1 fully saturated rings. The van der Waals surface area contributed by atoms with Crippen molar-refractivity contribution >= 4 is 5.97 Å². The molecule has 19 heavy (non-hydrogen) atoms. The number of fused-ring (bicyclic) bond motifs is 3. The van der Waals surface area contributed by atoms with Gasteiger partial charge in [-0.2, -0.15) is 0 Å². The third-order valence-corrected chi connectivity index (χ3v) is 4.39. The van der Waals surface area contributed by atoms with E-state index in [9.17, 15) is 4.79 Å². The topological polar surface area (TPSA) is 26.3 Å². The van der Waals surface area contributed by atoms with Gasteiger partial charge in [0.1, 0.15) is 6.10 Å². The highest BCUT2D eigenvalue weighted by Gasteiger charge is 2.22. The molecule has 0 aliphatic carbocycles. The maximum absolute atomic E-state index is 12.3. The molecular formula is C17H28O2. The zero-order valence-corrected chi connectivity index (χ0v) is 12.1. The second kappa shape index (κ2) is 8.39. The number of hydrogen-bond donors (Lipinski definition) is 0. The van der Waals surface area contributed by atoms with E-state index >= 15 is 0 Å². The van der Waals surface area contributed by atoms with Crippen molar-refractivity contribution in [3.63, 3.8) is 0 Å². The van der Waals surface area contributed by atoms with Gasteiger partial charge in [-0.3, -0.25) is 4.79 Å². The minimum atomic E-state index is 0.0127. The fraction of sp³-hybridized carbons (Fsp3) is 0.824. The first-order chi connectivity index (χ1) is 9.36. The molecule has 2 bridgehead atoms. The summed E-state index contributed by atoms with van der Waals surface area (Å²) >= 11 is 0. The van der Waals surface area contributed by atoms with E-state index < -0.39 is 0 Å². The van der Waals surface area contributed by atoms with Crippen molar-refractivity contribution < 1.29 is 9.53 Å². The number of rotatable bonds is 0. The summed E-state index contributed by atoms with van der Waals surface area (Å²) in [7, 11) is 0. The number of esters is 1. The van der Waals surface area contributed by atoms with Crippen LogP contribution in [-0.2, 0) is 9.53 Å². The van der Waals surface area contributed by atoms with Gasteiger partial charge in [0.15, 0.2) is 0 Å². The van der Waals surface area contributed by atoms with Crippen molar-refractivity contribution in [2.45, 2.75) is 83.2 Å². The SMILES string of the molecule is O=C1OC2CCCCCC=CC1CCCCCCC2. The summed E-state index contributed by atoms with van der Waals surface area (Å²) in [4.78, 5) is 12.3. The van der Waals surface area contributed by atoms with E-state index in [1.54, 1.807) is 0 Å². The lowest BCUT2D eigenvalue weighted by Crippen LogP contribution is -2.23. The molecule has 2 nitrogen and oxygen atoms in total. The van der Waals surface area contributed by atoms with Crippen molar-refractivity contribution in [1.82, 2.24) is 0 Å². The molecule has 2 atom stereocenters. The highest BCUT2D eigenvalue weighted by atomic mass is 16.5. The van der Waals surface area contributed by atoms with Crippen molar-refractivity contribution in [3.05, 3.63) is 12.2 Å². The summed E-state index contributed by atoms with van der Waals surface area (Å²) in [6, 6.07) is 0. The van der Waals surface area contributed by atoms with Crippen LogP contribution in [-0.4, -0.2) is 12.1 Å². The molecule has 0 aromatic heterocycles. The van der Waals surface area contributed by atoms with Crippen molar-refractivity contribution in [1.29, 1.82) is 0 Å². The summed E-state index contributed by atoms with van der Waals surface area (Å²) in [6.45, 7) is 0. The Balaban J connectivity index is 2.05.